The Morgan fingerprint density at radius 1 is 1.24 bits per heavy atom. The molecule has 25 heavy (non-hydrogen) atoms. The van der Waals surface area contributed by atoms with Crippen molar-refractivity contribution in [3.05, 3.63) is 53.6 Å². The van der Waals surface area contributed by atoms with Crippen LogP contribution in [0.3, 0.4) is 0 Å². The van der Waals surface area contributed by atoms with Crippen LogP contribution in [0.2, 0.25) is 0 Å². The van der Waals surface area contributed by atoms with Crippen molar-refractivity contribution in [3.63, 3.8) is 0 Å². The molecule has 6 heteroatoms. The molecule has 0 saturated carbocycles. The van der Waals surface area contributed by atoms with E-state index in [4.69, 9.17) is 4.74 Å². The van der Waals surface area contributed by atoms with Crippen LogP contribution in [0.25, 0.3) is 0 Å². The lowest BCUT2D eigenvalue weighted by molar-refractivity contribution is -0.136. The highest BCUT2D eigenvalue weighted by molar-refractivity contribution is 7.89. The zero-order valence-corrected chi connectivity index (χ0v) is 15.4. The molecule has 0 radical (unpaired) electrons. The van der Waals surface area contributed by atoms with Crippen LogP contribution in [0.5, 0.6) is 0 Å². The van der Waals surface area contributed by atoms with Crippen molar-refractivity contribution >= 4 is 16.0 Å². The number of methoxy groups -OCH3 is 1. The largest absolute Gasteiger partial charge is 0.466 e. The third kappa shape index (κ3) is 3.41. The highest BCUT2D eigenvalue weighted by atomic mass is 32.2. The van der Waals surface area contributed by atoms with E-state index in [0.717, 1.165) is 11.1 Å². The van der Waals surface area contributed by atoms with E-state index >= 15 is 0 Å². The lowest BCUT2D eigenvalue weighted by Gasteiger charge is -2.18. The predicted molar refractivity (Wildman–Crippen MR) is 95.4 cm³/mol. The van der Waals surface area contributed by atoms with E-state index in [1.807, 2.05) is 25.1 Å². The molecule has 134 valence electrons. The zero-order valence-electron chi connectivity index (χ0n) is 14.6. The van der Waals surface area contributed by atoms with Gasteiger partial charge in [0.05, 0.1) is 12.0 Å². The Morgan fingerprint density at radius 2 is 1.92 bits per heavy atom. The molecule has 1 aliphatic carbocycles. The lowest BCUT2D eigenvalue weighted by atomic mass is 9.88. The molecule has 1 fully saturated rings. The second-order valence-electron chi connectivity index (χ2n) is 6.79. The van der Waals surface area contributed by atoms with Gasteiger partial charge in [0.1, 0.15) is 0 Å². The minimum atomic E-state index is -3.50. The number of ether oxygens (including phenoxy) is 1. The van der Waals surface area contributed by atoms with Crippen molar-refractivity contribution in [1.82, 2.24) is 4.31 Å². The highest BCUT2D eigenvalue weighted by Crippen LogP contribution is 2.39. The molecule has 0 N–H and O–H groups in total. The molecular formula is C19H23NO4S. The molecule has 2 unspecified atom stereocenters. The molecule has 0 spiro atoms. The summed E-state index contributed by atoms with van der Waals surface area (Å²) < 4.78 is 32.2. The molecule has 2 aliphatic rings. The molecule has 3 rings (SSSR count). The first-order valence-electron chi connectivity index (χ1n) is 8.34. The van der Waals surface area contributed by atoms with Gasteiger partial charge >= 0.3 is 5.97 Å². The quantitative estimate of drug-likeness (QED) is 0.613. The maximum absolute atomic E-state index is 12.9. The number of fused-ring (bicyclic) bond motifs is 1. The Balaban J connectivity index is 1.82. The number of carbonyl (C=O) groups excluding carboxylic acids is 1. The first-order chi connectivity index (χ1) is 11.8. The minimum Gasteiger partial charge on any atom is -0.466 e. The summed E-state index contributed by atoms with van der Waals surface area (Å²) in [5.74, 6) is -0.112. The maximum Gasteiger partial charge on any atom is 0.333 e. The van der Waals surface area contributed by atoms with Gasteiger partial charge in [0.15, 0.2) is 0 Å². The number of rotatable bonds is 3. The van der Waals surface area contributed by atoms with E-state index in [1.54, 1.807) is 16.4 Å². The Morgan fingerprint density at radius 3 is 2.56 bits per heavy atom. The number of sulfonamides is 1. The van der Waals surface area contributed by atoms with Crippen LogP contribution in [0, 0.1) is 18.8 Å². The van der Waals surface area contributed by atoms with Crippen molar-refractivity contribution in [2.45, 2.75) is 24.7 Å². The number of carbonyl (C=O) groups is 1. The minimum absolute atomic E-state index is 0.0682. The van der Waals surface area contributed by atoms with Gasteiger partial charge in [0.25, 0.3) is 0 Å². The Labute approximate surface area is 149 Å². The Kier molecular flexibility index (Phi) is 4.84. The van der Waals surface area contributed by atoms with Gasteiger partial charge in [0, 0.05) is 25.1 Å². The summed E-state index contributed by atoms with van der Waals surface area (Å²) in [7, 11) is -2.14. The van der Waals surface area contributed by atoms with Crippen molar-refractivity contribution in [3.8, 4) is 0 Å². The number of hydrogen-bond acceptors (Lipinski definition) is 4. The number of nitrogens with zero attached hydrogens (tertiary/aromatic N) is 1. The van der Waals surface area contributed by atoms with Crippen molar-refractivity contribution in [2.75, 3.05) is 20.2 Å². The first-order valence-corrected chi connectivity index (χ1v) is 9.78. The summed E-state index contributed by atoms with van der Waals surface area (Å²) in [4.78, 5) is 12.1. The summed E-state index contributed by atoms with van der Waals surface area (Å²) in [6, 6.07) is 6.93. The van der Waals surface area contributed by atoms with Crippen LogP contribution in [-0.4, -0.2) is 38.9 Å². The Hall–Kier alpha value is -1.92. The average molecular weight is 361 g/mol. The SMILES string of the molecule is C=C1CC(C(=O)OC)=CCC2CN(S(=O)(=O)c3ccc(C)cc3)CC12. The second-order valence-corrected chi connectivity index (χ2v) is 8.73. The molecular weight excluding hydrogens is 338 g/mol. The number of esters is 1. The van der Waals surface area contributed by atoms with Crippen LogP contribution in [0.15, 0.2) is 53.0 Å². The molecule has 2 atom stereocenters. The van der Waals surface area contributed by atoms with Crippen molar-refractivity contribution < 1.29 is 17.9 Å². The maximum atomic E-state index is 12.9. The highest BCUT2D eigenvalue weighted by Gasteiger charge is 2.41. The van der Waals surface area contributed by atoms with E-state index < -0.39 is 10.0 Å². The monoisotopic (exact) mass is 361 g/mol. The average Bonchev–Trinajstić information content (AvgIpc) is 2.97. The van der Waals surface area contributed by atoms with Gasteiger partial charge in [-0.15, -0.1) is 0 Å². The van der Waals surface area contributed by atoms with E-state index in [0.29, 0.717) is 36.4 Å². The van der Waals surface area contributed by atoms with Crippen LogP contribution in [0.1, 0.15) is 18.4 Å². The molecule has 0 amide bonds. The molecule has 1 saturated heterocycles. The number of allylic oxidation sites excluding steroid dienone is 1. The summed E-state index contributed by atoms with van der Waals surface area (Å²) in [6.07, 6.45) is 2.99. The third-order valence-electron chi connectivity index (χ3n) is 5.12. The lowest BCUT2D eigenvalue weighted by Crippen LogP contribution is -2.29. The van der Waals surface area contributed by atoms with Crippen LogP contribution in [0.4, 0.5) is 0 Å². The summed E-state index contributed by atoms with van der Waals surface area (Å²) in [5.41, 5.74) is 2.55. The van der Waals surface area contributed by atoms with E-state index in [1.165, 1.54) is 7.11 Å². The van der Waals surface area contributed by atoms with Gasteiger partial charge in [-0.1, -0.05) is 35.9 Å². The molecule has 1 heterocycles. The fourth-order valence-electron chi connectivity index (χ4n) is 3.62. The Bertz CT molecular complexity index is 823. The molecule has 5 nitrogen and oxygen atoms in total. The summed E-state index contributed by atoms with van der Waals surface area (Å²) >= 11 is 0. The smallest absolute Gasteiger partial charge is 0.333 e. The zero-order chi connectivity index (χ0) is 18.2. The van der Waals surface area contributed by atoms with Crippen LogP contribution < -0.4 is 0 Å². The molecule has 1 aromatic rings. The van der Waals surface area contributed by atoms with Crippen LogP contribution in [-0.2, 0) is 19.6 Å². The first kappa shape index (κ1) is 17.9. The van der Waals surface area contributed by atoms with E-state index in [2.05, 4.69) is 6.58 Å². The number of benzene rings is 1. The van der Waals surface area contributed by atoms with Gasteiger partial charge in [-0.3, -0.25) is 0 Å². The molecule has 1 aromatic carbocycles. The topological polar surface area (TPSA) is 63.7 Å². The fourth-order valence-corrected chi connectivity index (χ4v) is 5.14. The van der Waals surface area contributed by atoms with Gasteiger partial charge in [0.2, 0.25) is 10.0 Å². The molecule has 1 aliphatic heterocycles. The standard InChI is InChI=1S/C19H23NO4S/c1-13-4-8-17(9-5-13)25(22,23)20-11-16-7-6-15(19(21)24-3)10-14(2)18(16)12-20/h4-6,8-9,16,18H,2,7,10-12H2,1,3H3. The fraction of sp³-hybridized carbons (Fsp3) is 0.421. The van der Waals surface area contributed by atoms with Crippen molar-refractivity contribution in [1.29, 1.82) is 0 Å². The number of hydrogen-bond donors (Lipinski definition) is 0. The van der Waals surface area contributed by atoms with Gasteiger partial charge in [-0.25, -0.2) is 13.2 Å². The summed E-state index contributed by atoms with van der Waals surface area (Å²) in [6.45, 7) is 6.91. The normalized spacial score (nSPS) is 24.4. The summed E-state index contributed by atoms with van der Waals surface area (Å²) in [5, 5.41) is 0. The van der Waals surface area contributed by atoms with Gasteiger partial charge < -0.3 is 4.74 Å². The van der Waals surface area contributed by atoms with Gasteiger partial charge in [-0.2, -0.15) is 4.31 Å². The number of aryl methyl sites for hydroxylation is 1. The van der Waals surface area contributed by atoms with Crippen molar-refractivity contribution in [2.24, 2.45) is 11.8 Å². The predicted octanol–water partition coefficient (Wildman–Crippen LogP) is 2.68. The second kappa shape index (κ2) is 6.77. The van der Waals surface area contributed by atoms with Gasteiger partial charge in [-0.05, 0) is 37.3 Å². The van der Waals surface area contributed by atoms with E-state index in [9.17, 15) is 13.2 Å². The molecule has 0 bridgehead atoms. The van der Waals surface area contributed by atoms with E-state index in [-0.39, 0.29) is 17.8 Å². The third-order valence-corrected chi connectivity index (χ3v) is 6.97. The van der Waals surface area contributed by atoms with Crippen LogP contribution >= 0.6 is 0 Å². The molecule has 0 aromatic heterocycles.